The fraction of sp³-hybridized carbons (Fsp3) is 0.968. The first kappa shape index (κ1) is 40.2. The standard InChI is InChI=1S/C31H59NO13/c1-3-5-7-9-10-11-13-15-23(36)32-19(20(35)14-12-8-6-4-2)18-42-30-28(41)26(39)29(22(17-34)44-30)45-31-27(40)25(38)24(37)21(16-33)43-31/h19-22,24-31,33-35,37-41H,3-18H2,1-2H3,(H,32,36). The summed E-state index contributed by atoms with van der Waals surface area (Å²) in [5.41, 5.74) is 0. The van der Waals surface area contributed by atoms with Gasteiger partial charge in [-0.2, -0.15) is 0 Å². The molecule has 2 aliphatic heterocycles. The van der Waals surface area contributed by atoms with Gasteiger partial charge in [0.15, 0.2) is 12.6 Å². The summed E-state index contributed by atoms with van der Waals surface area (Å²) in [7, 11) is 0. The Morgan fingerprint density at radius 2 is 1.27 bits per heavy atom. The summed E-state index contributed by atoms with van der Waals surface area (Å²) in [6.07, 6.45) is -4.73. The molecule has 14 heteroatoms. The zero-order valence-electron chi connectivity index (χ0n) is 26.9. The van der Waals surface area contributed by atoms with Crippen LogP contribution >= 0.6 is 0 Å². The molecular formula is C31H59NO13. The lowest BCUT2D eigenvalue weighted by Crippen LogP contribution is -2.65. The highest BCUT2D eigenvalue weighted by molar-refractivity contribution is 5.76. The number of hydrogen-bond donors (Lipinski definition) is 9. The molecule has 0 spiro atoms. The van der Waals surface area contributed by atoms with Crippen LogP contribution in [0.4, 0.5) is 0 Å². The summed E-state index contributed by atoms with van der Waals surface area (Å²) < 4.78 is 22.3. The average molecular weight is 654 g/mol. The number of rotatable bonds is 22. The van der Waals surface area contributed by atoms with Gasteiger partial charge in [-0.1, -0.05) is 78.1 Å². The number of nitrogens with one attached hydrogen (secondary N) is 1. The van der Waals surface area contributed by atoms with E-state index < -0.39 is 86.8 Å². The van der Waals surface area contributed by atoms with Crippen molar-refractivity contribution >= 4 is 5.91 Å². The number of unbranched alkanes of at least 4 members (excludes halogenated alkanes) is 9. The molecular weight excluding hydrogens is 594 g/mol. The van der Waals surface area contributed by atoms with E-state index in [9.17, 15) is 45.6 Å². The fourth-order valence-electron chi connectivity index (χ4n) is 5.64. The first-order valence-corrected chi connectivity index (χ1v) is 16.8. The molecule has 2 saturated heterocycles. The highest BCUT2D eigenvalue weighted by Crippen LogP contribution is 2.29. The van der Waals surface area contributed by atoms with Gasteiger partial charge in [0, 0.05) is 6.42 Å². The third-order valence-electron chi connectivity index (χ3n) is 8.57. The van der Waals surface area contributed by atoms with Crippen LogP contribution in [0.25, 0.3) is 0 Å². The summed E-state index contributed by atoms with van der Waals surface area (Å²) in [4.78, 5) is 12.8. The van der Waals surface area contributed by atoms with E-state index in [1.165, 1.54) is 19.3 Å². The molecule has 14 nitrogen and oxygen atoms in total. The van der Waals surface area contributed by atoms with Crippen LogP contribution in [-0.2, 0) is 23.7 Å². The Bertz CT molecular complexity index is 791. The Morgan fingerprint density at radius 1 is 0.711 bits per heavy atom. The van der Waals surface area contributed by atoms with Crippen LogP contribution in [0.15, 0.2) is 0 Å². The van der Waals surface area contributed by atoms with Crippen LogP contribution in [0.5, 0.6) is 0 Å². The predicted molar refractivity (Wildman–Crippen MR) is 162 cm³/mol. The van der Waals surface area contributed by atoms with Gasteiger partial charge in [0.2, 0.25) is 5.91 Å². The van der Waals surface area contributed by atoms with Crippen LogP contribution in [-0.4, -0.2) is 140 Å². The molecule has 0 bridgehead atoms. The molecule has 266 valence electrons. The third kappa shape index (κ3) is 12.8. The molecule has 12 unspecified atom stereocenters. The van der Waals surface area contributed by atoms with Gasteiger partial charge in [-0.15, -0.1) is 0 Å². The Kier molecular flexibility index (Phi) is 19.4. The van der Waals surface area contributed by atoms with Crippen molar-refractivity contribution in [3.05, 3.63) is 0 Å². The van der Waals surface area contributed by atoms with Gasteiger partial charge in [0.05, 0.1) is 32.0 Å². The van der Waals surface area contributed by atoms with Gasteiger partial charge >= 0.3 is 0 Å². The molecule has 45 heavy (non-hydrogen) atoms. The van der Waals surface area contributed by atoms with Crippen molar-refractivity contribution in [3.63, 3.8) is 0 Å². The monoisotopic (exact) mass is 653 g/mol. The van der Waals surface area contributed by atoms with Gasteiger partial charge in [-0.05, 0) is 12.8 Å². The summed E-state index contributed by atoms with van der Waals surface area (Å²) >= 11 is 0. The topological polar surface area (TPSA) is 228 Å². The summed E-state index contributed by atoms with van der Waals surface area (Å²) in [5, 5.41) is 85.2. The van der Waals surface area contributed by atoms with E-state index in [0.717, 1.165) is 51.4 Å². The third-order valence-corrected chi connectivity index (χ3v) is 8.57. The zero-order valence-corrected chi connectivity index (χ0v) is 26.9. The molecule has 1 amide bonds. The van der Waals surface area contributed by atoms with Crippen molar-refractivity contribution in [3.8, 4) is 0 Å². The van der Waals surface area contributed by atoms with Crippen LogP contribution in [0, 0.1) is 0 Å². The molecule has 0 aromatic rings. The molecule has 0 aliphatic carbocycles. The molecule has 2 rings (SSSR count). The summed E-state index contributed by atoms with van der Waals surface area (Å²) in [6.45, 7) is 2.60. The van der Waals surface area contributed by atoms with Crippen molar-refractivity contribution in [2.75, 3.05) is 19.8 Å². The molecule has 0 aromatic carbocycles. The number of amides is 1. The van der Waals surface area contributed by atoms with Gasteiger partial charge < -0.3 is 65.1 Å². The molecule has 9 N–H and O–H groups in total. The van der Waals surface area contributed by atoms with Crippen molar-refractivity contribution in [2.24, 2.45) is 0 Å². The number of carbonyl (C=O) groups excluding carboxylic acids is 1. The second-order valence-corrected chi connectivity index (χ2v) is 12.3. The number of ether oxygens (including phenoxy) is 4. The normalized spacial score (nSPS) is 33.6. The minimum absolute atomic E-state index is 0.226. The van der Waals surface area contributed by atoms with E-state index >= 15 is 0 Å². The number of aliphatic hydroxyl groups excluding tert-OH is 8. The van der Waals surface area contributed by atoms with Crippen molar-refractivity contribution in [1.82, 2.24) is 5.32 Å². The maximum Gasteiger partial charge on any atom is 0.220 e. The number of aliphatic hydroxyl groups is 8. The van der Waals surface area contributed by atoms with E-state index in [-0.39, 0.29) is 12.5 Å². The quantitative estimate of drug-likeness (QED) is 0.0678. The maximum absolute atomic E-state index is 12.8. The number of hydrogen-bond acceptors (Lipinski definition) is 13. The highest BCUT2D eigenvalue weighted by Gasteiger charge is 2.50. The Balaban J connectivity index is 1.99. The van der Waals surface area contributed by atoms with Crippen molar-refractivity contribution < 1.29 is 64.6 Å². The molecule has 0 aromatic heterocycles. The minimum Gasteiger partial charge on any atom is -0.394 e. The fourth-order valence-corrected chi connectivity index (χ4v) is 5.64. The minimum atomic E-state index is -1.77. The van der Waals surface area contributed by atoms with Crippen LogP contribution in [0.2, 0.25) is 0 Å². The lowest BCUT2D eigenvalue weighted by Gasteiger charge is -2.46. The highest BCUT2D eigenvalue weighted by atomic mass is 16.7. The second-order valence-electron chi connectivity index (χ2n) is 12.3. The molecule has 12 atom stereocenters. The first-order chi connectivity index (χ1) is 21.6. The average Bonchev–Trinajstić information content (AvgIpc) is 3.03. The molecule has 2 heterocycles. The Labute approximate surface area is 266 Å². The second kappa shape index (κ2) is 21.8. The van der Waals surface area contributed by atoms with Crippen LogP contribution in [0.3, 0.4) is 0 Å². The van der Waals surface area contributed by atoms with Gasteiger partial charge in [-0.3, -0.25) is 4.79 Å². The van der Waals surface area contributed by atoms with Gasteiger partial charge in [0.1, 0.15) is 48.8 Å². The SMILES string of the molecule is CCCCCCCCCC(=O)NC(COC1OC(CO)C(OC2OC(CO)C(O)C(O)C2O)C(O)C1O)C(O)CCCCCC. The predicted octanol–water partition coefficient (Wildman–Crippen LogP) is -0.416. The van der Waals surface area contributed by atoms with E-state index in [4.69, 9.17) is 18.9 Å². The van der Waals surface area contributed by atoms with Crippen LogP contribution < -0.4 is 5.32 Å². The maximum atomic E-state index is 12.8. The summed E-state index contributed by atoms with van der Waals surface area (Å²) in [6, 6.07) is -0.813. The van der Waals surface area contributed by atoms with Crippen molar-refractivity contribution in [1.29, 1.82) is 0 Å². The number of carbonyl (C=O) groups is 1. The van der Waals surface area contributed by atoms with Gasteiger partial charge in [-0.25, -0.2) is 0 Å². The zero-order chi connectivity index (χ0) is 33.4. The van der Waals surface area contributed by atoms with E-state index in [0.29, 0.717) is 12.8 Å². The van der Waals surface area contributed by atoms with Gasteiger partial charge in [0.25, 0.3) is 0 Å². The van der Waals surface area contributed by atoms with Crippen molar-refractivity contribution in [2.45, 2.75) is 171 Å². The van der Waals surface area contributed by atoms with Crippen LogP contribution in [0.1, 0.15) is 97.3 Å². The molecule has 2 aliphatic rings. The lowest BCUT2D eigenvalue weighted by atomic mass is 9.97. The Hall–Kier alpha value is -1.01. The smallest absolute Gasteiger partial charge is 0.220 e. The molecule has 2 fully saturated rings. The Morgan fingerprint density at radius 3 is 1.89 bits per heavy atom. The lowest BCUT2D eigenvalue weighted by molar-refractivity contribution is -0.359. The molecule has 0 radical (unpaired) electrons. The van der Waals surface area contributed by atoms with E-state index in [1.54, 1.807) is 0 Å². The van der Waals surface area contributed by atoms with E-state index in [1.807, 2.05) is 0 Å². The van der Waals surface area contributed by atoms with E-state index in [2.05, 4.69) is 19.2 Å². The molecule has 0 saturated carbocycles. The summed E-state index contributed by atoms with van der Waals surface area (Å²) in [5.74, 6) is -0.226. The first-order valence-electron chi connectivity index (χ1n) is 16.8. The largest absolute Gasteiger partial charge is 0.394 e.